The van der Waals surface area contributed by atoms with Crippen LogP contribution < -0.4 is 0 Å². The summed E-state index contributed by atoms with van der Waals surface area (Å²) in [5.74, 6) is 0. The molecule has 1 aliphatic rings. The molecule has 4 nitrogen and oxygen atoms in total. The highest BCUT2D eigenvalue weighted by Gasteiger charge is 2.45. The molecule has 0 aliphatic carbocycles. The van der Waals surface area contributed by atoms with Crippen LogP contribution in [0.4, 0.5) is 0 Å². The Morgan fingerprint density at radius 2 is 2.08 bits per heavy atom. The average molecular weight is 228 g/mol. The highest BCUT2D eigenvalue weighted by molar-refractivity contribution is 7.90. The van der Waals surface area contributed by atoms with Crippen LogP contribution in [-0.2, 0) is 10.0 Å². The Bertz CT molecular complexity index is 271. The molecule has 0 amide bonds. The van der Waals surface area contributed by atoms with Gasteiger partial charge in [0.2, 0.25) is 10.0 Å². The molecule has 1 saturated heterocycles. The lowest BCUT2D eigenvalue weighted by atomic mass is 9.92. The molecule has 1 fully saturated rings. The third-order valence-electron chi connectivity index (χ3n) is 2.19. The van der Waals surface area contributed by atoms with Crippen molar-refractivity contribution in [2.45, 2.75) is 25.4 Å². The lowest BCUT2D eigenvalue weighted by Gasteiger charge is -2.45. The van der Waals surface area contributed by atoms with E-state index in [0.717, 1.165) is 6.42 Å². The first-order valence-corrected chi connectivity index (χ1v) is 6.34. The van der Waals surface area contributed by atoms with Crippen molar-refractivity contribution >= 4 is 21.6 Å². The topological polar surface area (TPSA) is 57.6 Å². The highest BCUT2D eigenvalue weighted by Crippen LogP contribution is 2.28. The van der Waals surface area contributed by atoms with Gasteiger partial charge in [-0.1, -0.05) is 13.3 Å². The second-order valence-electron chi connectivity index (χ2n) is 3.46. The normalized spacial score (nSPS) is 22.7. The Morgan fingerprint density at radius 3 is 2.46 bits per heavy atom. The first kappa shape index (κ1) is 11.2. The second-order valence-corrected chi connectivity index (χ2v) is 6.02. The quantitative estimate of drug-likeness (QED) is 0.706. The first-order valence-electron chi connectivity index (χ1n) is 4.20. The molecule has 0 radical (unpaired) electrons. The molecule has 0 unspecified atom stereocenters. The Balaban J connectivity index is 2.50. The number of hydrogen-bond donors (Lipinski definition) is 1. The van der Waals surface area contributed by atoms with Gasteiger partial charge in [-0.25, -0.2) is 8.42 Å². The van der Waals surface area contributed by atoms with Gasteiger partial charge in [0.25, 0.3) is 0 Å². The van der Waals surface area contributed by atoms with Gasteiger partial charge in [-0.3, -0.25) is 0 Å². The number of alkyl halides is 1. The van der Waals surface area contributed by atoms with Gasteiger partial charge in [-0.05, 0) is 6.42 Å². The second kappa shape index (κ2) is 3.73. The average Bonchev–Trinajstić information content (AvgIpc) is 2.00. The monoisotopic (exact) mass is 227 g/mol. The Labute approximate surface area is 83.5 Å². The maximum absolute atomic E-state index is 11.2. The molecule has 1 rings (SSSR count). The summed E-state index contributed by atoms with van der Waals surface area (Å²) in [6.07, 6.45) is 1.49. The van der Waals surface area contributed by atoms with Crippen molar-refractivity contribution in [1.29, 1.82) is 0 Å². The molecule has 1 N–H and O–H groups in total. The van der Waals surface area contributed by atoms with Crippen molar-refractivity contribution in [3.8, 4) is 0 Å². The van der Waals surface area contributed by atoms with E-state index in [1.807, 2.05) is 6.92 Å². The predicted molar refractivity (Wildman–Crippen MR) is 51.1 cm³/mol. The van der Waals surface area contributed by atoms with E-state index >= 15 is 0 Å². The minimum Gasteiger partial charge on any atom is -0.387 e. The summed E-state index contributed by atoms with van der Waals surface area (Å²) < 4.78 is 23.5. The molecule has 0 saturated carbocycles. The molecule has 1 aliphatic heterocycles. The van der Waals surface area contributed by atoms with E-state index in [0.29, 0.717) is 6.42 Å². The van der Waals surface area contributed by atoms with Crippen LogP contribution in [-0.4, -0.2) is 41.7 Å². The van der Waals surface area contributed by atoms with Gasteiger partial charge in [0, 0.05) is 13.1 Å². The molecule has 13 heavy (non-hydrogen) atoms. The number of sulfonamides is 1. The van der Waals surface area contributed by atoms with Crippen LogP contribution in [0.3, 0.4) is 0 Å². The largest absolute Gasteiger partial charge is 0.387 e. The van der Waals surface area contributed by atoms with Gasteiger partial charge in [0.1, 0.15) is 5.21 Å². The molecule has 0 aromatic heterocycles. The summed E-state index contributed by atoms with van der Waals surface area (Å²) in [4.78, 5) is 0. The molecule has 0 spiro atoms. The third-order valence-corrected chi connectivity index (χ3v) is 4.34. The third kappa shape index (κ3) is 2.34. The number of hydrogen-bond acceptors (Lipinski definition) is 3. The maximum atomic E-state index is 11.2. The van der Waals surface area contributed by atoms with Gasteiger partial charge in [-0.2, -0.15) is 4.31 Å². The Hall–Kier alpha value is 0.160. The number of nitrogens with zero attached hydrogens (tertiary/aromatic N) is 1. The van der Waals surface area contributed by atoms with Crippen molar-refractivity contribution in [1.82, 2.24) is 4.31 Å². The van der Waals surface area contributed by atoms with Crippen LogP contribution in [0.1, 0.15) is 19.8 Å². The smallest absolute Gasteiger partial charge is 0.228 e. The van der Waals surface area contributed by atoms with Crippen LogP contribution in [0, 0.1) is 0 Å². The number of rotatable bonds is 4. The molecule has 0 aromatic carbocycles. The van der Waals surface area contributed by atoms with Gasteiger partial charge >= 0.3 is 0 Å². The van der Waals surface area contributed by atoms with E-state index in [9.17, 15) is 13.5 Å². The molecule has 1 heterocycles. The zero-order valence-electron chi connectivity index (χ0n) is 7.53. The van der Waals surface area contributed by atoms with Crippen LogP contribution in [0.2, 0.25) is 0 Å². The van der Waals surface area contributed by atoms with Gasteiger partial charge in [0.15, 0.2) is 0 Å². The minimum absolute atomic E-state index is 0.190. The Kier molecular flexibility index (Phi) is 3.22. The predicted octanol–water partition coefficient (Wildman–Crippen LogP) is 0.359. The fourth-order valence-electron chi connectivity index (χ4n) is 1.50. The van der Waals surface area contributed by atoms with Gasteiger partial charge in [0.05, 0.1) is 5.60 Å². The zero-order chi connectivity index (χ0) is 10.1. The molecule has 0 aromatic rings. The standard InChI is InChI=1S/C7H14ClNO3S/c1-2-3-7(10)4-9(5-7)13(11,12)6-8/h10H,2-6H2,1H3. The summed E-state index contributed by atoms with van der Waals surface area (Å²) in [7, 11) is -3.31. The molecule has 78 valence electrons. The van der Waals surface area contributed by atoms with Crippen LogP contribution >= 0.6 is 11.6 Å². The van der Waals surface area contributed by atoms with Crippen LogP contribution in [0.5, 0.6) is 0 Å². The van der Waals surface area contributed by atoms with E-state index in [1.54, 1.807) is 0 Å². The first-order chi connectivity index (χ1) is 5.93. The number of halogens is 1. The van der Waals surface area contributed by atoms with E-state index in [4.69, 9.17) is 11.6 Å². The Morgan fingerprint density at radius 1 is 1.54 bits per heavy atom. The van der Waals surface area contributed by atoms with E-state index in [2.05, 4.69) is 0 Å². The molecular weight excluding hydrogens is 214 g/mol. The van der Waals surface area contributed by atoms with Crippen LogP contribution in [0.25, 0.3) is 0 Å². The zero-order valence-corrected chi connectivity index (χ0v) is 9.11. The lowest BCUT2D eigenvalue weighted by molar-refractivity contribution is -0.0651. The minimum atomic E-state index is -3.31. The summed E-state index contributed by atoms with van der Waals surface area (Å²) in [6.45, 7) is 2.34. The molecular formula is C7H14ClNO3S. The molecule has 0 bridgehead atoms. The summed E-state index contributed by atoms with van der Waals surface area (Å²) >= 11 is 5.26. The van der Waals surface area contributed by atoms with Gasteiger partial charge in [-0.15, -0.1) is 11.6 Å². The SMILES string of the molecule is CCCC1(O)CN(S(=O)(=O)CCl)C1. The number of β-amino-alcohol motifs (C(OH)–C–C–N with tert-alkyl or cyclic N) is 1. The number of aliphatic hydroxyl groups is 1. The molecule has 6 heteroatoms. The fraction of sp³-hybridized carbons (Fsp3) is 1.00. The van der Waals surface area contributed by atoms with E-state index in [-0.39, 0.29) is 13.1 Å². The van der Waals surface area contributed by atoms with E-state index < -0.39 is 20.8 Å². The lowest BCUT2D eigenvalue weighted by Crippen LogP contribution is -2.63. The summed E-state index contributed by atoms with van der Waals surface area (Å²) in [5, 5.41) is 9.28. The highest BCUT2D eigenvalue weighted by atomic mass is 35.5. The van der Waals surface area contributed by atoms with Crippen molar-refractivity contribution in [3.05, 3.63) is 0 Å². The van der Waals surface area contributed by atoms with Crippen molar-refractivity contribution < 1.29 is 13.5 Å². The summed E-state index contributed by atoms with van der Waals surface area (Å²) in [5.41, 5.74) is -0.812. The van der Waals surface area contributed by atoms with Crippen LogP contribution in [0.15, 0.2) is 0 Å². The van der Waals surface area contributed by atoms with Crippen molar-refractivity contribution in [2.24, 2.45) is 0 Å². The molecule has 0 atom stereocenters. The maximum Gasteiger partial charge on any atom is 0.228 e. The fourth-order valence-corrected chi connectivity index (χ4v) is 2.93. The van der Waals surface area contributed by atoms with Crippen molar-refractivity contribution in [2.75, 3.05) is 18.3 Å². The van der Waals surface area contributed by atoms with E-state index in [1.165, 1.54) is 4.31 Å². The van der Waals surface area contributed by atoms with Gasteiger partial charge < -0.3 is 5.11 Å². The summed E-state index contributed by atoms with van der Waals surface area (Å²) in [6, 6.07) is 0. The van der Waals surface area contributed by atoms with Crippen molar-refractivity contribution in [3.63, 3.8) is 0 Å².